The monoisotopic (exact) mass is 313 g/mol. The summed E-state index contributed by atoms with van der Waals surface area (Å²) in [6.45, 7) is 2.61. The molecule has 0 aliphatic heterocycles. The number of rotatable bonds is 7. The molecule has 3 rings (SSSR count). The highest BCUT2D eigenvalue weighted by molar-refractivity contribution is 5.81. The molecule has 5 heteroatoms. The third-order valence-electron chi connectivity index (χ3n) is 4.32. The third kappa shape index (κ3) is 3.38. The summed E-state index contributed by atoms with van der Waals surface area (Å²) in [6.07, 6.45) is 6.47. The Bertz CT molecular complexity index is 650. The van der Waals surface area contributed by atoms with E-state index in [9.17, 15) is 4.79 Å². The zero-order valence-electron chi connectivity index (χ0n) is 13.7. The molecule has 2 aromatic rings. The van der Waals surface area contributed by atoms with E-state index in [2.05, 4.69) is 5.10 Å². The van der Waals surface area contributed by atoms with Crippen molar-refractivity contribution in [2.24, 2.45) is 0 Å². The molecule has 0 saturated heterocycles. The van der Waals surface area contributed by atoms with E-state index in [1.165, 1.54) is 0 Å². The second-order valence-corrected chi connectivity index (χ2v) is 5.92. The average Bonchev–Trinajstić information content (AvgIpc) is 3.28. The van der Waals surface area contributed by atoms with Gasteiger partial charge in [-0.25, -0.2) is 0 Å². The summed E-state index contributed by atoms with van der Waals surface area (Å²) in [5.74, 6) is 0.975. The minimum atomic E-state index is -0.236. The van der Waals surface area contributed by atoms with Gasteiger partial charge in [-0.2, -0.15) is 5.10 Å². The topological polar surface area (TPSA) is 47.4 Å². The predicted molar refractivity (Wildman–Crippen MR) is 88.1 cm³/mol. The Morgan fingerprint density at radius 2 is 2.17 bits per heavy atom. The number of ether oxygens (including phenoxy) is 1. The van der Waals surface area contributed by atoms with Gasteiger partial charge < -0.3 is 9.64 Å². The van der Waals surface area contributed by atoms with Crippen molar-refractivity contribution in [1.82, 2.24) is 14.7 Å². The van der Waals surface area contributed by atoms with E-state index >= 15 is 0 Å². The maximum atomic E-state index is 13.1. The van der Waals surface area contributed by atoms with Gasteiger partial charge in [0.25, 0.3) is 0 Å². The SMILES string of the molecule is CC[C@@H](C(=O)N(Cc1ccccc1OC)C1CC1)n1cccn1. The van der Waals surface area contributed by atoms with Gasteiger partial charge in [0.05, 0.1) is 7.11 Å². The van der Waals surface area contributed by atoms with Crippen molar-refractivity contribution in [3.05, 3.63) is 48.3 Å². The van der Waals surface area contributed by atoms with Gasteiger partial charge in [-0.05, 0) is 31.4 Å². The van der Waals surface area contributed by atoms with Crippen LogP contribution in [0.4, 0.5) is 0 Å². The van der Waals surface area contributed by atoms with Gasteiger partial charge in [-0.3, -0.25) is 9.48 Å². The molecule has 1 amide bonds. The van der Waals surface area contributed by atoms with Crippen LogP contribution in [0.5, 0.6) is 5.75 Å². The maximum Gasteiger partial charge on any atom is 0.247 e. The summed E-state index contributed by atoms with van der Waals surface area (Å²) in [5.41, 5.74) is 1.05. The molecule has 0 spiro atoms. The van der Waals surface area contributed by atoms with Gasteiger partial charge in [-0.15, -0.1) is 0 Å². The van der Waals surface area contributed by atoms with Crippen molar-refractivity contribution < 1.29 is 9.53 Å². The molecular formula is C18H23N3O2. The smallest absolute Gasteiger partial charge is 0.247 e. The Labute approximate surface area is 136 Å². The number of benzene rings is 1. The van der Waals surface area contributed by atoms with Gasteiger partial charge in [0, 0.05) is 30.5 Å². The highest BCUT2D eigenvalue weighted by Crippen LogP contribution is 2.32. The maximum absolute atomic E-state index is 13.1. The second kappa shape index (κ2) is 6.86. The number of amides is 1. The van der Waals surface area contributed by atoms with E-state index in [0.717, 1.165) is 30.6 Å². The predicted octanol–water partition coefficient (Wildman–Crippen LogP) is 3.03. The molecule has 1 fully saturated rings. The van der Waals surface area contributed by atoms with Gasteiger partial charge in [0.2, 0.25) is 5.91 Å². The Hall–Kier alpha value is -2.30. The van der Waals surface area contributed by atoms with Crippen LogP contribution in [0.1, 0.15) is 37.8 Å². The number of carbonyl (C=O) groups is 1. The number of para-hydroxylation sites is 1. The van der Waals surface area contributed by atoms with E-state index in [4.69, 9.17) is 4.74 Å². The van der Waals surface area contributed by atoms with Crippen molar-refractivity contribution in [2.45, 2.75) is 44.8 Å². The van der Waals surface area contributed by atoms with Crippen LogP contribution in [0.3, 0.4) is 0 Å². The molecule has 0 radical (unpaired) electrons. The first-order chi connectivity index (χ1) is 11.2. The molecule has 1 saturated carbocycles. The minimum absolute atomic E-state index is 0.143. The number of aromatic nitrogens is 2. The highest BCUT2D eigenvalue weighted by Gasteiger charge is 2.36. The van der Waals surface area contributed by atoms with Gasteiger partial charge in [-0.1, -0.05) is 25.1 Å². The van der Waals surface area contributed by atoms with Gasteiger partial charge in [0.1, 0.15) is 11.8 Å². The first kappa shape index (κ1) is 15.6. The molecule has 122 valence electrons. The number of hydrogen-bond donors (Lipinski definition) is 0. The molecule has 1 aliphatic carbocycles. The summed E-state index contributed by atoms with van der Waals surface area (Å²) < 4.78 is 7.19. The second-order valence-electron chi connectivity index (χ2n) is 5.92. The summed E-state index contributed by atoms with van der Waals surface area (Å²) in [4.78, 5) is 15.1. The zero-order chi connectivity index (χ0) is 16.2. The Balaban J connectivity index is 1.82. The summed E-state index contributed by atoms with van der Waals surface area (Å²) in [6, 6.07) is 9.86. The quantitative estimate of drug-likeness (QED) is 0.789. The molecule has 1 heterocycles. The van der Waals surface area contributed by atoms with Gasteiger partial charge >= 0.3 is 0 Å². The van der Waals surface area contributed by atoms with E-state index in [-0.39, 0.29) is 11.9 Å². The normalized spacial score (nSPS) is 15.2. The molecule has 1 atom stereocenters. The average molecular weight is 313 g/mol. The Kier molecular flexibility index (Phi) is 4.65. The van der Waals surface area contributed by atoms with Crippen LogP contribution in [0, 0.1) is 0 Å². The first-order valence-electron chi connectivity index (χ1n) is 8.16. The first-order valence-corrected chi connectivity index (χ1v) is 8.16. The van der Waals surface area contributed by atoms with Crippen LogP contribution in [-0.4, -0.2) is 33.7 Å². The zero-order valence-corrected chi connectivity index (χ0v) is 13.7. The number of carbonyl (C=O) groups excluding carboxylic acids is 1. The number of nitrogens with zero attached hydrogens (tertiary/aromatic N) is 3. The van der Waals surface area contributed by atoms with Crippen LogP contribution in [0.25, 0.3) is 0 Å². The van der Waals surface area contributed by atoms with Crippen LogP contribution in [-0.2, 0) is 11.3 Å². The van der Waals surface area contributed by atoms with Gasteiger partial charge in [0.15, 0.2) is 0 Å². The lowest BCUT2D eigenvalue weighted by Gasteiger charge is -2.27. The van der Waals surface area contributed by atoms with Crippen molar-refractivity contribution in [1.29, 1.82) is 0 Å². The molecule has 1 aliphatic rings. The fourth-order valence-electron chi connectivity index (χ4n) is 2.92. The summed E-state index contributed by atoms with van der Waals surface area (Å²) in [5, 5.41) is 4.26. The van der Waals surface area contributed by atoms with E-state index in [1.807, 2.05) is 48.4 Å². The van der Waals surface area contributed by atoms with Crippen LogP contribution < -0.4 is 4.74 Å². The molecule has 0 N–H and O–H groups in total. The van der Waals surface area contributed by atoms with Crippen molar-refractivity contribution in [3.8, 4) is 5.75 Å². The van der Waals surface area contributed by atoms with Crippen molar-refractivity contribution >= 4 is 5.91 Å². The minimum Gasteiger partial charge on any atom is -0.496 e. The molecule has 0 bridgehead atoms. The number of hydrogen-bond acceptors (Lipinski definition) is 3. The van der Waals surface area contributed by atoms with E-state index in [1.54, 1.807) is 18.0 Å². The number of methoxy groups -OCH3 is 1. The molecule has 23 heavy (non-hydrogen) atoms. The van der Waals surface area contributed by atoms with Crippen LogP contribution in [0.2, 0.25) is 0 Å². The van der Waals surface area contributed by atoms with Crippen LogP contribution in [0.15, 0.2) is 42.7 Å². The molecule has 1 aromatic carbocycles. The lowest BCUT2D eigenvalue weighted by Crippen LogP contribution is -2.38. The van der Waals surface area contributed by atoms with Crippen LogP contribution >= 0.6 is 0 Å². The van der Waals surface area contributed by atoms with Crippen molar-refractivity contribution in [3.63, 3.8) is 0 Å². The van der Waals surface area contributed by atoms with E-state index < -0.39 is 0 Å². The third-order valence-corrected chi connectivity index (χ3v) is 4.32. The standard InChI is InChI=1S/C18H23N3O2/c1-3-16(21-12-6-11-19-21)18(22)20(15-9-10-15)13-14-7-4-5-8-17(14)23-2/h4-8,11-12,15-16H,3,9-10,13H2,1-2H3/t16-/m0/s1. The Morgan fingerprint density at radius 1 is 1.39 bits per heavy atom. The summed E-state index contributed by atoms with van der Waals surface area (Å²) >= 11 is 0. The molecular weight excluding hydrogens is 290 g/mol. The fourth-order valence-corrected chi connectivity index (χ4v) is 2.92. The van der Waals surface area contributed by atoms with E-state index in [0.29, 0.717) is 12.6 Å². The highest BCUT2D eigenvalue weighted by atomic mass is 16.5. The lowest BCUT2D eigenvalue weighted by molar-refractivity contribution is -0.136. The van der Waals surface area contributed by atoms with Crippen molar-refractivity contribution in [2.75, 3.05) is 7.11 Å². The summed E-state index contributed by atoms with van der Waals surface area (Å²) in [7, 11) is 1.67. The fraction of sp³-hybridized carbons (Fsp3) is 0.444. The molecule has 5 nitrogen and oxygen atoms in total. The molecule has 1 aromatic heterocycles. The molecule has 0 unspecified atom stereocenters. The lowest BCUT2D eigenvalue weighted by atomic mass is 10.1. The Morgan fingerprint density at radius 3 is 2.78 bits per heavy atom. The largest absolute Gasteiger partial charge is 0.496 e.